The summed E-state index contributed by atoms with van der Waals surface area (Å²) in [4.78, 5) is 0. The van der Waals surface area contributed by atoms with Crippen molar-refractivity contribution in [2.75, 3.05) is 0 Å². The van der Waals surface area contributed by atoms with Gasteiger partial charge in [-0.3, -0.25) is 0 Å². The Morgan fingerprint density at radius 3 is 1.42 bits per heavy atom. The van der Waals surface area contributed by atoms with Crippen LogP contribution < -0.4 is 10.4 Å². The van der Waals surface area contributed by atoms with E-state index >= 15 is 0 Å². The maximum atomic E-state index is 9.75. The normalized spacial score (nSPS) is 20.7. The quantitative estimate of drug-likeness (QED) is 0.333. The van der Waals surface area contributed by atoms with Crippen molar-refractivity contribution in [1.82, 2.24) is 0 Å². The molecule has 0 amide bonds. The smallest absolute Gasteiger partial charge is 0.145 e. The van der Waals surface area contributed by atoms with Crippen LogP contribution >= 0.6 is 0 Å². The monoisotopic (exact) mass is 468 g/mol. The van der Waals surface area contributed by atoms with Gasteiger partial charge in [0.2, 0.25) is 0 Å². The molecule has 0 unspecified atom stereocenters. The lowest BCUT2D eigenvalue weighted by atomic mass is 9.89. The lowest BCUT2D eigenvalue weighted by Crippen LogP contribution is -2.40. The summed E-state index contributed by atoms with van der Waals surface area (Å²) in [5.41, 5.74) is -0.858. The predicted molar refractivity (Wildman–Crippen MR) is 145 cm³/mol. The second-order valence-electron chi connectivity index (χ2n) is 10.8. The van der Waals surface area contributed by atoms with Gasteiger partial charge in [-0.2, -0.15) is 10.5 Å². The van der Waals surface area contributed by atoms with E-state index in [2.05, 4.69) is 123 Å². The van der Waals surface area contributed by atoms with Crippen LogP contribution in [0.4, 0.5) is 0 Å². The standard InChI is InChI=1S/C29H36N2Si2/c1-32(2,27-15-7-5-8-16-27)19-11-13-25-21-29(23-30,24-31)22-26(25)14-12-20-33(3,4)28-17-9-6-10-18-28/h5-18,25-26H,19-22H2,1-4H3/b13-11-,14-12+/t25-,26-/m1/s1. The molecule has 0 N–H and O–H groups in total. The van der Waals surface area contributed by atoms with Crippen molar-refractivity contribution in [2.45, 2.75) is 51.1 Å². The van der Waals surface area contributed by atoms with E-state index in [1.54, 1.807) is 0 Å². The third-order valence-corrected chi connectivity index (χ3v) is 13.6. The third-order valence-electron chi connectivity index (χ3n) is 7.28. The fourth-order valence-corrected chi connectivity index (χ4v) is 9.02. The summed E-state index contributed by atoms with van der Waals surface area (Å²) in [6.07, 6.45) is 10.6. The minimum atomic E-state index is -1.54. The first-order chi connectivity index (χ1) is 15.7. The number of nitrogens with zero attached hydrogens (tertiary/aromatic N) is 2. The molecule has 0 heterocycles. The maximum absolute atomic E-state index is 9.75. The molecule has 2 nitrogen and oxygen atoms in total. The van der Waals surface area contributed by atoms with Gasteiger partial charge in [-0.15, -0.1) is 0 Å². The van der Waals surface area contributed by atoms with Crippen LogP contribution in [0, 0.1) is 39.9 Å². The molecule has 2 aromatic carbocycles. The lowest BCUT2D eigenvalue weighted by molar-refractivity contribution is 0.525. The molecule has 0 spiro atoms. The van der Waals surface area contributed by atoms with Crippen LogP contribution in [0.15, 0.2) is 85.0 Å². The van der Waals surface area contributed by atoms with Crippen LogP contribution in [0.1, 0.15) is 12.8 Å². The molecule has 0 saturated heterocycles. The summed E-state index contributed by atoms with van der Waals surface area (Å²) in [5.74, 6) is 0.505. The fourth-order valence-electron chi connectivity index (χ4n) is 4.91. The van der Waals surface area contributed by atoms with E-state index in [0.29, 0.717) is 12.8 Å². The Kier molecular flexibility index (Phi) is 7.95. The molecule has 0 bridgehead atoms. The molecule has 1 saturated carbocycles. The van der Waals surface area contributed by atoms with Gasteiger partial charge in [-0.05, 0) is 36.8 Å². The average molecular weight is 469 g/mol. The van der Waals surface area contributed by atoms with Crippen molar-refractivity contribution in [3.63, 3.8) is 0 Å². The van der Waals surface area contributed by atoms with E-state index in [1.165, 1.54) is 10.4 Å². The summed E-state index contributed by atoms with van der Waals surface area (Å²) >= 11 is 0. The van der Waals surface area contributed by atoms with E-state index in [9.17, 15) is 10.5 Å². The Hall–Kier alpha value is -2.67. The molecular formula is C29H36N2Si2. The summed E-state index contributed by atoms with van der Waals surface area (Å²) in [5, 5.41) is 22.4. The highest BCUT2D eigenvalue weighted by molar-refractivity contribution is 6.90. The summed E-state index contributed by atoms with van der Waals surface area (Å²) < 4.78 is 0. The molecule has 0 aromatic heterocycles. The Labute approximate surface area is 202 Å². The Balaban J connectivity index is 1.72. The van der Waals surface area contributed by atoms with Crippen LogP contribution in [-0.2, 0) is 0 Å². The second kappa shape index (κ2) is 10.5. The number of benzene rings is 2. The first-order valence-electron chi connectivity index (χ1n) is 12.0. The van der Waals surface area contributed by atoms with Gasteiger partial charge in [0, 0.05) is 0 Å². The highest BCUT2D eigenvalue weighted by atomic mass is 28.3. The minimum Gasteiger partial charge on any atom is -0.197 e. The number of allylic oxidation sites excluding steroid dienone is 4. The van der Waals surface area contributed by atoms with Gasteiger partial charge in [0.25, 0.3) is 0 Å². The zero-order valence-electron chi connectivity index (χ0n) is 20.5. The van der Waals surface area contributed by atoms with E-state index in [4.69, 9.17) is 0 Å². The second-order valence-corrected chi connectivity index (χ2v) is 20.3. The van der Waals surface area contributed by atoms with Crippen molar-refractivity contribution in [3.8, 4) is 12.1 Å². The van der Waals surface area contributed by atoms with E-state index in [1.807, 2.05) is 0 Å². The summed E-state index contributed by atoms with van der Waals surface area (Å²) in [7, 11) is -3.09. The van der Waals surface area contributed by atoms with Crippen molar-refractivity contribution < 1.29 is 0 Å². The van der Waals surface area contributed by atoms with Gasteiger partial charge in [-0.1, -0.05) is 122 Å². The molecule has 4 heteroatoms. The first kappa shape index (κ1) is 25.0. The number of nitriles is 2. The zero-order valence-corrected chi connectivity index (χ0v) is 22.5. The van der Waals surface area contributed by atoms with Crippen molar-refractivity contribution in [1.29, 1.82) is 10.5 Å². The van der Waals surface area contributed by atoms with Gasteiger partial charge in [0.1, 0.15) is 5.41 Å². The Morgan fingerprint density at radius 2 is 1.09 bits per heavy atom. The van der Waals surface area contributed by atoms with Crippen molar-refractivity contribution >= 4 is 26.5 Å². The predicted octanol–water partition coefficient (Wildman–Crippen LogP) is 6.39. The number of rotatable bonds is 8. The highest BCUT2D eigenvalue weighted by Crippen LogP contribution is 2.46. The SMILES string of the molecule is C[Si](C)(C/C=C\[C@@H]1CC(C#N)(C#N)C[C@H]1/C=C/C[Si](C)(C)c1ccccc1)c1ccccc1. The van der Waals surface area contributed by atoms with Gasteiger partial charge >= 0.3 is 0 Å². The van der Waals surface area contributed by atoms with Gasteiger partial charge in [0.05, 0.1) is 28.3 Å². The zero-order chi connectivity index (χ0) is 24.0. The van der Waals surface area contributed by atoms with E-state index in [-0.39, 0.29) is 11.8 Å². The van der Waals surface area contributed by atoms with Gasteiger partial charge in [0.15, 0.2) is 0 Å². The van der Waals surface area contributed by atoms with Crippen molar-refractivity contribution in [2.24, 2.45) is 17.3 Å². The number of hydrogen-bond donors (Lipinski definition) is 0. The first-order valence-corrected chi connectivity index (χ1v) is 18.4. The molecular weight excluding hydrogens is 433 g/mol. The lowest BCUT2D eigenvalue weighted by Gasteiger charge is -2.22. The molecule has 0 aliphatic heterocycles. The molecule has 0 radical (unpaired) electrons. The van der Waals surface area contributed by atoms with Gasteiger partial charge in [-0.25, -0.2) is 0 Å². The highest BCUT2D eigenvalue weighted by Gasteiger charge is 2.44. The molecule has 33 heavy (non-hydrogen) atoms. The summed E-state index contributed by atoms with van der Waals surface area (Å²) in [6, 6.07) is 28.5. The van der Waals surface area contributed by atoms with Crippen LogP contribution in [0.3, 0.4) is 0 Å². The Morgan fingerprint density at radius 1 is 0.727 bits per heavy atom. The molecule has 3 rings (SSSR count). The van der Waals surface area contributed by atoms with E-state index < -0.39 is 21.6 Å². The topological polar surface area (TPSA) is 47.6 Å². The van der Waals surface area contributed by atoms with Crippen molar-refractivity contribution in [3.05, 3.63) is 85.0 Å². The Bertz CT molecular complexity index is 969. The third kappa shape index (κ3) is 6.23. The largest absolute Gasteiger partial charge is 0.197 e. The molecule has 1 fully saturated rings. The summed E-state index contributed by atoms with van der Waals surface area (Å²) in [6.45, 7) is 9.63. The average Bonchev–Trinajstić information content (AvgIpc) is 3.18. The van der Waals surface area contributed by atoms with Crippen LogP contribution in [0.5, 0.6) is 0 Å². The molecule has 170 valence electrons. The van der Waals surface area contributed by atoms with Crippen LogP contribution in [-0.4, -0.2) is 16.1 Å². The molecule has 1 aliphatic carbocycles. The molecule has 2 atom stereocenters. The van der Waals surface area contributed by atoms with Crippen LogP contribution in [0.25, 0.3) is 0 Å². The minimum absolute atomic E-state index is 0.252. The molecule has 1 aliphatic rings. The maximum Gasteiger partial charge on any atom is 0.145 e. The number of hydrogen-bond acceptors (Lipinski definition) is 2. The van der Waals surface area contributed by atoms with Crippen LogP contribution in [0.2, 0.25) is 38.3 Å². The van der Waals surface area contributed by atoms with Gasteiger partial charge < -0.3 is 0 Å². The fraction of sp³-hybridized carbons (Fsp3) is 0.379. The van der Waals surface area contributed by atoms with E-state index in [0.717, 1.165) is 12.1 Å². The molecule has 2 aromatic rings.